The molecule has 1 saturated heterocycles. The van der Waals surface area contributed by atoms with Crippen LogP contribution in [-0.2, 0) is 14.2 Å². The van der Waals surface area contributed by atoms with Gasteiger partial charge in [-0.3, -0.25) is 14.9 Å². The topological polar surface area (TPSA) is 137 Å². The highest BCUT2D eigenvalue weighted by molar-refractivity contribution is 7.18. The molecular weight excluding hydrogens is 466 g/mol. The van der Waals surface area contributed by atoms with Crippen LogP contribution in [0.25, 0.3) is 0 Å². The number of hydrogen-bond acceptors (Lipinski definition) is 10. The van der Waals surface area contributed by atoms with Crippen molar-refractivity contribution in [3.05, 3.63) is 49.9 Å². The Hall–Kier alpha value is -3.51. The Bertz CT molecular complexity index is 1110. The molecule has 0 radical (unpaired) electrons. The summed E-state index contributed by atoms with van der Waals surface area (Å²) in [5, 5.41) is 14.4. The molecule has 12 heteroatoms. The molecule has 1 aromatic carbocycles. The molecule has 1 aliphatic rings. The lowest BCUT2D eigenvalue weighted by Crippen LogP contribution is -2.36. The number of nitrogens with one attached hydrogen (secondary N) is 1. The lowest BCUT2D eigenvalue weighted by molar-refractivity contribution is -0.384. The van der Waals surface area contributed by atoms with E-state index in [2.05, 4.69) is 5.32 Å². The number of hydrogen-bond donors (Lipinski definition) is 1. The first kappa shape index (κ1) is 25.1. The molecule has 1 N–H and O–H groups in total. The van der Waals surface area contributed by atoms with E-state index in [1.807, 2.05) is 4.90 Å². The van der Waals surface area contributed by atoms with Crippen molar-refractivity contribution in [3.8, 4) is 0 Å². The normalized spacial score (nSPS) is 13.3. The zero-order valence-corrected chi connectivity index (χ0v) is 19.9. The fraction of sp³-hybridized carbons (Fsp3) is 0.409. The van der Waals surface area contributed by atoms with Crippen molar-refractivity contribution in [2.24, 2.45) is 0 Å². The first-order valence-electron chi connectivity index (χ1n) is 10.7. The van der Waals surface area contributed by atoms with E-state index in [1.165, 1.54) is 18.2 Å². The van der Waals surface area contributed by atoms with Gasteiger partial charge in [0.25, 0.3) is 11.6 Å². The number of carbonyl (C=O) groups excluding carboxylic acids is 3. The summed E-state index contributed by atoms with van der Waals surface area (Å²) in [6.07, 6.45) is 0. The third-order valence-corrected chi connectivity index (χ3v) is 6.29. The molecule has 2 aromatic rings. The first-order valence-corrected chi connectivity index (χ1v) is 11.5. The van der Waals surface area contributed by atoms with Crippen LogP contribution < -0.4 is 10.2 Å². The van der Waals surface area contributed by atoms with Gasteiger partial charge in [-0.15, -0.1) is 11.3 Å². The minimum Gasteiger partial charge on any atom is -0.462 e. The molecular formula is C22H25N3O8S. The van der Waals surface area contributed by atoms with E-state index in [0.29, 0.717) is 37.6 Å². The molecule has 11 nitrogen and oxygen atoms in total. The van der Waals surface area contributed by atoms with Crippen molar-refractivity contribution in [2.75, 3.05) is 49.7 Å². The van der Waals surface area contributed by atoms with Gasteiger partial charge in [0.15, 0.2) is 0 Å². The van der Waals surface area contributed by atoms with Crippen LogP contribution in [0.2, 0.25) is 0 Å². The minimum absolute atomic E-state index is 0.0299. The molecule has 1 aromatic heterocycles. The van der Waals surface area contributed by atoms with Crippen LogP contribution in [0.4, 0.5) is 16.4 Å². The van der Waals surface area contributed by atoms with E-state index in [-0.39, 0.29) is 39.9 Å². The van der Waals surface area contributed by atoms with Crippen LogP contribution in [-0.4, -0.2) is 62.3 Å². The average Bonchev–Trinajstić information content (AvgIpc) is 3.15. The Balaban J connectivity index is 1.94. The maximum atomic E-state index is 13.0. The highest BCUT2D eigenvalue weighted by Crippen LogP contribution is 2.35. The first-order chi connectivity index (χ1) is 16.3. The Morgan fingerprint density at radius 2 is 1.79 bits per heavy atom. The van der Waals surface area contributed by atoms with Crippen molar-refractivity contribution in [1.29, 1.82) is 0 Å². The Labute approximate surface area is 199 Å². The molecule has 0 saturated carbocycles. The summed E-state index contributed by atoms with van der Waals surface area (Å²) in [5.41, 5.74) is 0.583. The number of nitro benzene ring substituents is 1. The predicted molar refractivity (Wildman–Crippen MR) is 125 cm³/mol. The van der Waals surface area contributed by atoms with Crippen LogP contribution in [0.15, 0.2) is 18.2 Å². The van der Waals surface area contributed by atoms with Crippen LogP contribution in [0.3, 0.4) is 0 Å². The molecule has 0 atom stereocenters. The van der Waals surface area contributed by atoms with Crippen molar-refractivity contribution in [2.45, 2.75) is 20.8 Å². The lowest BCUT2D eigenvalue weighted by Gasteiger charge is -2.28. The van der Waals surface area contributed by atoms with Crippen molar-refractivity contribution in [1.82, 2.24) is 0 Å². The van der Waals surface area contributed by atoms with E-state index in [1.54, 1.807) is 20.8 Å². The monoisotopic (exact) mass is 491 g/mol. The highest BCUT2D eigenvalue weighted by Gasteiger charge is 2.28. The fourth-order valence-corrected chi connectivity index (χ4v) is 4.58. The largest absolute Gasteiger partial charge is 0.462 e. The van der Waals surface area contributed by atoms with Gasteiger partial charge in [0.2, 0.25) is 0 Å². The minimum atomic E-state index is -0.698. The van der Waals surface area contributed by atoms with Gasteiger partial charge < -0.3 is 24.4 Å². The molecule has 2 heterocycles. The smallest absolute Gasteiger partial charge is 0.348 e. The summed E-state index contributed by atoms with van der Waals surface area (Å²) in [6, 6.07) is 4.19. The number of nitro groups is 1. The van der Waals surface area contributed by atoms with E-state index < -0.39 is 22.8 Å². The maximum absolute atomic E-state index is 13.0. The second-order valence-electron chi connectivity index (χ2n) is 7.22. The number of rotatable bonds is 8. The number of ether oxygens (including phenoxy) is 3. The lowest BCUT2D eigenvalue weighted by atomic mass is 10.1. The van der Waals surface area contributed by atoms with Crippen LogP contribution in [0.1, 0.15) is 49.8 Å². The number of anilines is 2. The number of esters is 2. The molecule has 1 aliphatic heterocycles. The molecule has 0 unspecified atom stereocenters. The van der Waals surface area contributed by atoms with Gasteiger partial charge >= 0.3 is 11.9 Å². The van der Waals surface area contributed by atoms with Gasteiger partial charge in [-0.2, -0.15) is 0 Å². The van der Waals surface area contributed by atoms with Crippen LogP contribution in [0, 0.1) is 17.0 Å². The van der Waals surface area contributed by atoms with E-state index in [0.717, 1.165) is 11.3 Å². The molecule has 1 amide bonds. The van der Waals surface area contributed by atoms with Gasteiger partial charge in [0.1, 0.15) is 15.6 Å². The SMILES string of the molecule is CCOC(=O)c1sc(NC(=O)c2ccc(N3CCOCC3)c([N+](=O)[O-])c2)c(C(=O)OCC)c1C. The molecule has 0 spiro atoms. The van der Waals surface area contributed by atoms with Crippen molar-refractivity contribution >= 4 is 45.6 Å². The summed E-state index contributed by atoms with van der Waals surface area (Å²) in [6.45, 7) is 7.01. The summed E-state index contributed by atoms with van der Waals surface area (Å²) in [5.74, 6) is -1.99. The number of morpholine rings is 1. The highest BCUT2D eigenvalue weighted by atomic mass is 32.1. The zero-order chi connectivity index (χ0) is 24.8. The average molecular weight is 492 g/mol. The summed E-state index contributed by atoms with van der Waals surface area (Å²) in [4.78, 5) is 51.0. The molecule has 34 heavy (non-hydrogen) atoms. The molecule has 0 aliphatic carbocycles. The summed E-state index contributed by atoms with van der Waals surface area (Å²) in [7, 11) is 0. The third kappa shape index (κ3) is 5.34. The fourth-order valence-electron chi connectivity index (χ4n) is 3.50. The molecule has 0 bridgehead atoms. The molecule has 3 rings (SSSR count). The molecule has 1 fully saturated rings. The summed E-state index contributed by atoms with van der Waals surface area (Å²) < 4.78 is 15.4. The van der Waals surface area contributed by atoms with Crippen molar-refractivity contribution in [3.63, 3.8) is 0 Å². The third-order valence-electron chi connectivity index (χ3n) is 5.10. The Kier molecular flexibility index (Phi) is 8.18. The van der Waals surface area contributed by atoms with E-state index >= 15 is 0 Å². The number of benzene rings is 1. The zero-order valence-electron chi connectivity index (χ0n) is 19.0. The van der Waals surface area contributed by atoms with E-state index in [9.17, 15) is 24.5 Å². The van der Waals surface area contributed by atoms with Gasteiger partial charge in [0.05, 0.1) is 36.9 Å². The van der Waals surface area contributed by atoms with Crippen molar-refractivity contribution < 1.29 is 33.5 Å². The number of thiophene rings is 1. The van der Waals surface area contributed by atoms with Crippen LogP contribution in [0.5, 0.6) is 0 Å². The van der Waals surface area contributed by atoms with Gasteiger partial charge in [-0.1, -0.05) is 0 Å². The Morgan fingerprint density at radius 1 is 1.15 bits per heavy atom. The second-order valence-corrected chi connectivity index (χ2v) is 8.24. The van der Waals surface area contributed by atoms with E-state index in [4.69, 9.17) is 14.2 Å². The predicted octanol–water partition coefficient (Wildman–Crippen LogP) is 3.41. The van der Waals surface area contributed by atoms with Gasteiger partial charge in [-0.05, 0) is 38.5 Å². The number of carbonyl (C=O) groups is 3. The second kappa shape index (κ2) is 11.1. The quantitative estimate of drug-likeness (QED) is 0.334. The summed E-state index contributed by atoms with van der Waals surface area (Å²) >= 11 is 0.884. The standard InChI is InChI=1S/C22H25N3O8S/c1-4-32-21(27)17-13(3)18(22(28)33-5-2)34-20(17)23-19(26)14-6-7-15(16(12-14)25(29)30)24-8-10-31-11-9-24/h6-7,12H,4-5,8-11H2,1-3H3,(H,23,26). The van der Waals surface area contributed by atoms with Gasteiger partial charge in [0, 0.05) is 24.7 Å². The Morgan fingerprint density at radius 3 is 2.41 bits per heavy atom. The number of amides is 1. The number of nitrogens with zero attached hydrogens (tertiary/aromatic N) is 2. The van der Waals surface area contributed by atoms with Crippen LogP contribution >= 0.6 is 11.3 Å². The molecule has 182 valence electrons. The maximum Gasteiger partial charge on any atom is 0.348 e. The van der Waals surface area contributed by atoms with Gasteiger partial charge in [-0.25, -0.2) is 9.59 Å².